The van der Waals surface area contributed by atoms with E-state index >= 15 is 0 Å². The highest BCUT2D eigenvalue weighted by Gasteiger charge is 2.27. The number of fused-ring (bicyclic) bond motifs is 5. The number of rotatable bonds is 3. The molecule has 0 saturated heterocycles. The lowest BCUT2D eigenvalue weighted by atomic mass is 9.97. The van der Waals surface area contributed by atoms with Gasteiger partial charge in [0.15, 0.2) is 5.69 Å². The summed E-state index contributed by atoms with van der Waals surface area (Å²) in [6, 6.07) is 4.24. The van der Waals surface area contributed by atoms with Crippen molar-refractivity contribution < 1.29 is 9.90 Å². The summed E-state index contributed by atoms with van der Waals surface area (Å²) in [5.74, 6) is -0.0413. The second kappa shape index (κ2) is 6.05. The number of aryl methyl sites for hydroxylation is 3. The highest BCUT2D eigenvalue weighted by molar-refractivity contribution is 5.90. The van der Waals surface area contributed by atoms with E-state index in [-0.39, 0.29) is 5.69 Å². The van der Waals surface area contributed by atoms with Crippen LogP contribution in [0.25, 0.3) is 16.9 Å². The molecule has 1 aliphatic heterocycles. The van der Waals surface area contributed by atoms with Gasteiger partial charge in [-0.1, -0.05) is 6.92 Å². The summed E-state index contributed by atoms with van der Waals surface area (Å²) in [5.41, 5.74) is 6.64. The average molecular weight is 348 g/mol. The van der Waals surface area contributed by atoms with Gasteiger partial charge in [-0.05, 0) is 43.5 Å². The Labute approximate surface area is 151 Å². The minimum absolute atomic E-state index is 0.0610. The Morgan fingerprint density at radius 3 is 2.69 bits per heavy atom. The van der Waals surface area contributed by atoms with E-state index in [1.807, 2.05) is 6.20 Å². The molecular formula is C20H20N4O2. The molecule has 1 aromatic carbocycles. The van der Waals surface area contributed by atoms with E-state index in [0.29, 0.717) is 17.7 Å². The zero-order chi connectivity index (χ0) is 18.4. The molecule has 0 bridgehead atoms. The van der Waals surface area contributed by atoms with E-state index in [1.54, 1.807) is 0 Å². The van der Waals surface area contributed by atoms with Gasteiger partial charge in [0.25, 0.3) is 0 Å². The van der Waals surface area contributed by atoms with Crippen molar-refractivity contribution in [2.75, 3.05) is 0 Å². The normalized spacial score (nSPS) is 12.1. The van der Waals surface area contributed by atoms with Gasteiger partial charge < -0.3 is 5.11 Å². The summed E-state index contributed by atoms with van der Waals surface area (Å²) >= 11 is 0. The second-order valence-electron chi connectivity index (χ2n) is 6.74. The molecular weight excluding hydrogens is 328 g/mol. The van der Waals surface area contributed by atoms with Gasteiger partial charge in [0.2, 0.25) is 0 Å². The molecule has 3 aromatic rings. The average Bonchev–Trinajstić information content (AvgIpc) is 2.93. The summed E-state index contributed by atoms with van der Waals surface area (Å²) in [6.45, 7) is 6.27. The van der Waals surface area contributed by atoms with Crippen LogP contribution >= 0.6 is 0 Å². The first kappa shape index (κ1) is 16.4. The molecule has 0 atom stereocenters. The predicted molar refractivity (Wildman–Crippen MR) is 97.8 cm³/mol. The molecule has 26 heavy (non-hydrogen) atoms. The quantitative estimate of drug-likeness (QED) is 0.613. The van der Waals surface area contributed by atoms with Crippen LogP contribution in [0.15, 0.2) is 24.7 Å². The smallest absolute Gasteiger partial charge is 0.354 e. The van der Waals surface area contributed by atoms with Crippen LogP contribution in [0.3, 0.4) is 0 Å². The number of imidazole rings is 1. The SMILES string of the molecule is CCCc1ncc2n1-c1cc(C)c(C)cc1-c1ncnc(C(=O)O)c1C2. The zero-order valence-electron chi connectivity index (χ0n) is 15.1. The Morgan fingerprint density at radius 1 is 1.19 bits per heavy atom. The molecule has 0 amide bonds. The molecule has 4 rings (SSSR count). The Kier molecular flexibility index (Phi) is 3.83. The number of hydrogen-bond acceptors (Lipinski definition) is 4. The second-order valence-corrected chi connectivity index (χ2v) is 6.74. The lowest BCUT2D eigenvalue weighted by Gasteiger charge is -2.15. The first-order valence-electron chi connectivity index (χ1n) is 8.76. The molecule has 0 unspecified atom stereocenters. The van der Waals surface area contributed by atoms with Crippen molar-refractivity contribution in [2.45, 2.75) is 40.0 Å². The maximum Gasteiger partial charge on any atom is 0.354 e. The van der Waals surface area contributed by atoms with E-state index in [2.05, 4.69) is 52.4 Å². The first-order chi connectivity index (χ1) is 12.5. The molecule has 2 aromatic heterocycles. The van der Waals surface area contributed by atoms with E-state index < -0.39 is 5.97 Å². The van der Waals surface area contributed by atoms with E-state index in [1.165, 1.54) is 11.9 Å². The van der Waals surface area contributed by atoms with Gasteiger partial charge in [0.05, 0.1) is 11.4 Å². The molecule has 6 heteroatoms. The number of carboxylic acids is 1. The number of aromatic nitrogens is 4. The molecule has 1 aliphatic rings. The standard InChI is InChI=1S/C20H20N4O2/c1-4-5-17-21-9-13-8-15-18(22-10-23-19(15)20(25)26)14-6-11(2)12(3)7-16(14)24(13)17/h6-7,9-10H,4-5,8H2,1-3H3,(H,25,26). The van der Waals surface area contributed by atoms with E-state index in [0.717, 1.165) is 41.2 Å². The summed E-state index contributed by atoms with van der Waals surface area (Å²) in [7, 11) is 0. The van der Waals surface area contributed by atoms with Gasteiger partial charge in [0, 0.05) is 35.9 Å². The fourth-order valence-corrected chi connectivity index (χ4v) is 3.60. The predicted octanol–water partition coefficient (Wildman–Crippen LogP) is 3.50. The van der Waals surface area contributed by atoms with Crippen molar-refractivity contribution in [1.82, 2.24) is 19.5 Å². The third-order valence-electron chi connectivity index (χ3n) is 5.00. The molecule has 0 aliphatic carbocycles. The van der Waals surface area contributed by atoms with Crippen LogP contribution < -0.4 is 0 Å². The molecule has 1 N–H and O–H groups in total. The molecule has 0 spiro atoms. The molecule has 0 radical (unpaired) electrons. The third-order valence-corrected chi connectivity index (χ3v) is 5.00. The largest absolute Gasteiger partial charge is 0.476 e. The maximum atomic E-state index is 11.7. The summed E-state index contributed by atoms with van der Waals surface area (Å²) in [6.07, 6.45) is 5.48. The maximum absolute atomic E-state index is 11.7. The van der Waals surface area contributed by atoms with Crippen molar-refractivity contribution in [3.63, 3.8) is 0 Å². The minimum Gasteiger partial charge on any atom is -0.476 e. The van der Waals surface area contributed by atoms with Crippen molar-refractivity contribution in [2.24, 2.45) is 0 Å². The topological polar surface area (TPSA) is 80.9 Å². The van der Waals surface area contributed by atoms with E-state index in [4.69, 9.17) is 0 Å². The fraction of sp³-hybridized carbons (Fsp3) is 0.300. The number of nitrogens with zero attached hydrogens (tertiary/aromatic N) is 4. The zero-order valence-corrected chi connectivity index (χ0v) is 15.1. The molecule has 3 heterocycles. The van der Waals surface area contributed by atoms with Gasteiger partial charge in [0.1, 0.15) is 12.2 Å². The van der Waals surface area contributed by atoms with Crippen LogP contribution in [0.4, 0.5) is 0 Å². The summed E-state index contributed by atoms with van der Waals surface area (Å²) in [4.78, 5) is 24.8. The monoisotopic (exact) mass is 348 g/mol. The van der Waals surface area contributed by atoms with Crippen molar-refractivity contribution in [1.29, 1.82) is 0 Å². The molecule has 0 saturated carbocycles. The van der Waals surface area contributed by atoms with Gasteiger partial charge in [-0.15, -0.1) is 0 Å². The first-order valence-corrected chi connectivity index (χ1v) is 8.76. The van der Waals surface area contributed by atoms with Crippen LogP contribution in [0.2, 0.25) is 0 Å². The Morgan fingerprint density at radius 2 is 1.96 bits per heavy atom. The van der Waals surface area contributed by atoms with Gasteiger partial charge in [-0.2, -0.15) is 0 Å². The number of benzene rings is 1. The van der Waals surface area contributed by atoms with Crippen molar-refractivity contribution >= 4 is 5.97 Å². The van der Waals surface area contributed by atoms with Gasteiger partial charge in [-0.3, -0.25) is 4.57 Å². The van der Waals surface area contributed by atoms with Crippen LogP contribution in [0.1, 0.15) is 52.0 Å². The lowest BCUT2D eigenvalue weighted by molar-refractivity contribution is 0.0689. The fourth-order valence-electron chi connectivity index (χ4n) is 3.60. The highest BCUT2D eigenvalue weighted by atomic mass is 16.4. The Balaban J connectivity index is 2.10. The van der Waals surface area contributed by atoms with Gasteiger partial charge >= 0.3 is 5.97 Å². The number of hydrogen-bond donors (Lipinski definition) is 1. The summed E-state index contributed by atoms with van der Waals surface area (Å²) in [5, 5.41) is 9.60. The number of carbonyl (C=O) groups is 1. The minimum atomic E-state index is -1.03. The number of aromatic carboxylic acids is 1. The molecule has 6 nitrogen and oxygen atoms in total. The lowest BCUT2D eigenvalue weighted by Crippen LogP contribution is -2.09. The third kappa shape index (κ3) is 2.41. The number of carboxylic acid groups (broad SMARTS) is 1. The van der Waals surface area contributed by atoms with Crippen LogP contribution in [0.5, 0.6) is 0 Å². The van der Waals surface area contributed by atoms with Crippen LogP contribution in [0, 0.1) is 13.8 Å². The highest BCUT2D eigenvalue weighted by Crippen LogP contribution is 2.37. The molecule has 0 fully saturated rings. The van der Waals surface area contributed by atoms with Crippen molar-refractivity contribution in [3.8, 4) is 16.9 Å². The Hall–Kier alpha value is -3.02. The summed E-state index contributed by atoms with van der Waals surface area (Å²) < 4.78 is 2.17. The van der Waals surface area contributed by atoms with Gasteiger partial charge in [-0.25, -0.2) is 19.7 Å². The van der Waals surface area contributed by atoms with E-state index in [9.17, 15) is 9.90 Å². The van der Waals surface area contributed by atoms with Crippen LogP contribution in [-0.4, -0.2) is 30.6 Å². The van der Waals surface area contributed by atoms with Crippen molar-refractivity contribution in [3.05, 3.63) is 58.6 Å². The Bertz CT molecular complexity index is 1040. The molecule has 132 valence electrons. The van der Waals surface area contributed by atoms with Crippen LogP contribution in [-0.2, 0) is 12.8 Å².